The summed E-state index contributed by atoms with van der Waals surface area (Å²) in [6, 6.07) is 25.9. The van der Waals surface area contributed by atoms with Crippen LogP contribution in [0.3, 0.4) is 0 Å². The summed E-state index contributed by atoms with van der Waals surface area (Å²) < 4.78 is 17.1. The lowest BCUT2D eigenvalue weighted by Crippen LogP contribution is -2.53. The second kappa shape index (κ2) is 42.1. The summed E-state index contributed by atoms with van der Waals surface area (Å²) in [4.78, 5) is 175. The molecule has 0 aromatic heterocycles. The zero-order chi connectivity index (χ0) is 77.9. The molecule has 0 bridgehead atoms. The number of hydrogen-bond donors (Lipinski definition) is 4. The topological polar surface area (TPSA) is 290 Å². The van der Waals surface area contributed by atoms with Crippen LogP contribution >= 0.6 is 11.8 Å². The predicted octanol–water partition coefficient (Wildman–Crippen LogP) is 12.2. The third kappa shape index (κ3) is 26.7. The number of thioether (sulfide) groups is 1. The van der Waals surface area contributed by atoms with E-state index in [-0.39, 0.29) is 106 Å². The SMILES string of the molecule is CC(=O)[C@@H]1CCCN1C(=O)[C@H](CC(=O)CCc1ccccc1)NC(=O)[C@H](CCCCNC(=O)C1CSCN1C(=O)OCc1ccc(C)cc1)CC(=O)[C@@H]1CCCN1C(=O)COC(=O)[C@H](CC1=CCc2ccccc21)NC(=O)[C@H](CCCCC(C)C)CC(=O)[C@H](CCCC(C)(C)C)NC(=O)OCc1ccc(C)cc1. The fraction of sp³-hybridized carbons (Fsp3) is 0.553. The van der Waals surface area contributed by atoms with Crippen LogP contribution < -0.4 is 21.3 Å². The molecule has 4 aromatic rings. The standard InChI is InChI=1S/C85H113N7O15S/c1-56(2)21-12-13-25-65(48-75(95)69(28-18-43-85(6,7)8)89-83(103)106-51-61-35-31-57(3)32-36-61)79(99)88-71(47-64-41-40-63-24-14-15-27-68(63)64)82(102)105-53-77(97)90-45-20-30-73(90)76(96)49-66(26-16-17-44-86-80(100)74-54-108-55-92(74)84(104)107-52-62-37-33-58(4)34-38-62)78(98)87-70(81(101)91-46-19-29-72(91)59(5)93)50-67(94)42-39-60-22-10-9-11-23-60/h9-11,14-15,22-24,27,31-38,41,56,65-66,69-74H,12-13,16-21,25-26,28-30,39-40,42-55H2,1-8H3,(H,86,100)(H,87,98)(H,88,99)(H,89,103)/t65-,66-,69+,70+,71+,72+,73+,74?/m1/s1. The first kappa shape index (κ1) is 84.6. The lowest BCUT2D eigenvalue weighted by molar-refractivity contribution is -0.155. The van der Waals surface area contributed by atoms with Crippen LogP contribution in [0.2, 0.25) is 0 Å². The van der Waals surface area contributed by atoms with Crippen molar-refractivity contribution in [1.82, 2.24) is 36.0 Å². The maximum absolute atomic E-state index is 15.0. The van der Waals surface area contributed by atoms with Crippen LogP contribution in [0.5, 0.6) is 0 Å². The first-order chi connectivity index (χ1) is 51.7. The molecule has 4 aliphatic rings. The van der Waals surface area contributed by atoms with Crippen molar-refractivity contribution in [3.8, 4) is 0 Å². The van der Waals surface area contributed by atoms with Gasteiger partial charge in [0.15, 0.2) is 24.0 Å². The van der Waals surface area contributed by atoms with E-state index in [1.54, 1.807) is 0 Å². The number of carbonyl (C=O) groups is 12. The Labute approximate surface area is 641 Å². The van der Waals surface area contributed by atoms with Crippen molar-refractivity contribution in [2.45, 2.75) is 240 Å². The van der Waals surface area contributed by atoms with E-state index in [9.17, 15) is 57.5 Å². The lowest BCUT2D eigenvalue weighted by atomic mass is 9.86. The lowest BCUT2D eigenvalue weighted by Gasteiger charge is -2.29. The number of aryl methyl sites for hydroxylation is 3. The number of allylic oxidation sites excluding steroid dienone is 1. The summed E-state index contributed by atoms with van der Waals surface area (Å²) >= 11 is 1.42. The number of alkyl carbamates (subject to hydrolysis) is 1. The van der Waals surface area contributed by atoms with Gasteiger partial charge in [-0.05, 0) is 136 Å². The minimum absolute atomic E-state index is 0.0110. The molecule has 108 heavy (non-hydrogen) atoms. The summed E-state index contributed by atoms with van der Waals surface area (Å²) in [6.07, 6.45) is 7.13. The fourth-order valence-corrected chi connectivity index (χ4v) is 15.6. The molecule has 0 radical (unpaired) electrons. The van der Waals surface area contributed by atoms with E-state index in [0.29, 0.717) is 82.3 Å². The number of nitrogens with zero attached hydrogens (tertiary/aromatic N) is 3. The van der Waals surface area contributed by atoms with Gasteiger partial charge in [0.25, 0.3) is 5.91 Å². The van der Waals surface area contributed by atoms with Gasteiger partial charge in [0.1, 0.15) is 37.1 Å². The predicted molar refractivity (Wildman–Crippen MR) is 414 cm³/mol. The van der Waals surface area contributed by atoms with Crippen molar-refractivity contribution in [3.05, 3.63) is 148 Å². The van der Waals surface area contributed by atoms with Gasteiger partial charge >= 0.3 is 18.2 Å². The van der Waals surface area contributed by atoms with Gasteiger partial charge in [-0.2, -0.15) is 0 Å². The van der Waals surface area contributed by atoms with Gasteiger partial charge in [0.2, 0.25) is 23.6 Å². The molecule has 584 valence electrons. The molecular formula is C85H113N7O15S. The quantitative estimate of drug-likeness (QED) is 0.0182. The Kier molecular flexibility index (Phi) is 33.0. The number of fused-ring (bicyclic) bond motifs is 1. The molecule has 23 heteroatoms. The summed E-state index contributed by atoms with van der Waals surface area (Å²) in [6.45, 7) is 15.6. The van der Waals surface area contributed by atoms with Crippen LogP contribution in [-0.4, -0.2) is 160 Å². The Morgan fingerprint density at radius 2 is 1.20 bits per heavy atom. The Balaban J connectivity index is 0.968. The number of hydrogen-bond acceptors (Lipinski definition) is 16. The highest BCUT2D eigenvalue weighted by atomic mass is 32.2. The highest BCUT2D eigenvalue weighted by Crippen LogP contribution is 2.33. The monoisotopic (exact) mass is 1500 g/mol. The number of ketones is 4. The molecular weight excluding hydrogens is 1390 g/mol. The van der Waals surface area contributed by atoms with E-state index in [2.05, 4.69) is 55.9 Å². The fourth-order valence-electron chi connectivity index (χ4n) is 14.5. The van der Waals surface area contributed by atoms with Gasteiger partial charge in [0.05, 0.1) is 24.0 Å². The van der Waals surface area contributed by atoms with Gasteiger partial charge in [-0.3, -0.25) is 48.1 Å². The van der Waals surface area contributed by atoms with Gasteiger partial charge < -0.3 is 45.3 Å². The number of Topliss-reactive ketones (excluding diaryl/α,β-unsaturated/α-hetero) is 4. The third-order valence-electron chi connectivity index (χ3n) is 20.8. The number of ether oxygens (including phenoxy) is 3. The molecule has 1 aliphatic carbocycles. The molecule has 0 saturated carbocycles. The maximum Gasteiger partial charge on any atom is 0.411 e. The van der Waals surface area contributed by atoms with Crippen LogP contribution in [0.1, 0.15) is 202 Å². The minimum Gasteiger partial charge on any atom is -0.454 e. The second-order valence-electron chi connectivity index (χ2n) is 31.2. The molecule has 8 rings (SSSR count). The van der Waals surface area contributed by atoms with Gasteiger partial charge in [0, 0.05) is 69.3 Å². The zero-order valence-corrected chi connectivity index (χ0v) is 65.3. The summed E-state index contributed by atoms with van der Waals surface area (Å²) in [5.74, 6) is -6.21. The molecule has 0 spiro atoms. The molecule has 4 N–H and O–H groups in total. The number of nitrogens with one attached hydrogen (secondary N) is 4. The average Bonchev–Trinajstić information content (AvgIpc) is 1.67. The molecule has 3 heterocycles. The largest absolute Gasteiger partial charge is 0.454 e. The first-order valence-electron chi connectivity index (χ1n) is 38.8. The van der Waals surface area contributed by atoms with Crippen LogP contribution in [0.25, 0.3) is 5.57 Å². The second-order valence-corrected chi connectivity index (χ2v) is 32.2. The Hall–Kier alpha value is -8.99. The normalized spacial score (nSPS) is 17.5. The molecule has 22 nitrogen and oxygen atoms in total. The highest BCUT2D eigenvalue weighted by molar-refractivity contribution is 7.99. The molecule has 4 aromatic carbocycles. The number of esters is 1. The van der Waals surface area contributed by atoms with Crippen LogP contribution in [0.15, 0.2) is 109 Å². The van der Waals surface area contributed by atoms with Crippen molar-refractivity contribution >= 4 is 88.2 Å². The van der Waals surface area contributed by atoms with Gasteiger partial charge in [-0.15, -0.1) is 11.8 Å². The molecule has 3 aliphatic heterocycles. The van der Waals surface area contributed by atoms with Gasteiger partial charge in [-0.25, -0.2) is 14.4 Å². The Bertz CT molecular complexity index is 3780. The van der Waals surface area contributed by atoms with Crippen molar-refractivity contribution in [1.29, 1.82) is 0 Å². The van der Waals surface area contributed by atoms with E-state index < -0.39 is 109 Å². The van der Waals surface area contributed by atoms with E-state index >= 15 is 0 Å². The highest BCUT2D eigenvalue weighted by Gasteiger charge is 2.42. The van der Waals surface area contributed by atoms with Crippen molar-refractivity contribution < 1.29 is 71.7 Å². The molecule has 7 amide bonds. The first-order valence-corrected chi connectivity index (χ1v) is 39.9. The van der Waals surface area contributed by atoms with Crippen LogP contribution in [0, 0.1) is 37.0 Å². The third-order valence-corrected chi connectivity index (χ3v) is 21.8. The van der Waals surface area contributed by atoms with Crippen molar-refractivity contribution in [2.75, 3.05) is 37.9 Å². The number of likely N-dealkylation sites (tertiary alicyclic amines) is 2. The minimum atomic E-state index is -1.38. The van der Waals surface area contributed by atoms with Crippen LogP contribution in [-0.2, 0) is 88.2 Å². The number of amides is 7. The molecule has 3 fully saturated rings. The summed E-state index contributed by atoms with van der Waals surface area (Å²) in [5.41, 5.74) is 7.23. The maximum atomic E-state index is 15.0. The molecule has 1 unspecified atom stereocenters. The number of carbonyl (C=O) groups excluding carboxylic acids is 12. The van der Waals surface area contributed by atoms with E-state index in [1.807, 2.05) is 123 Å². The zero-order valence-electron chi connectivity index (χ0n) is 64.5. The Morgan fingerprint density at radius 3 is 1.87 bits per heavy atom. The number of benzene rings is 4. The van der Waals surface area contributed by atoms with E-state index in [0.717, 1.165) is 63.8 Å². The van der Waals surface area contributed by atoms with Crippen molar-refractivity contribution in [3.63, 3.8) is 0 Å². The Morgan fingerprint density at radius 1 is 0.593 bits per heavy atom. The molecule has 3 saturated heterocycles. The number of rotatable bonds is 41. The summed E-state index contributed by atoms with van der Waals surface area (Å²) in [5, 5.41) is 11.6. The van der Waals surface area contributed by atoms with Crippen LogP contribution in [0.4, 0.5) is 9.59 Å². The average molecular weight is 1500 g/mol. The number of unbranched alkanes of at least 4 members (excludes halogenated alkanes) is 2. The van der Waals surface area contributed by atoms with Gasteiger partial charge in [-0.1, -0.05) is 187 Å². The summed E-state index contributed by atoms with van der Waals surface area (Å²) in [7, 11) is 0. The van der Waals surface area contributed by atoms with E-state index in [1.165, 1.54) is 33.4 Å². The smallest absolute Gasteiger partial charge is 0.411 e. The molecule has 8 atom stereocenters. The van der Waals surface area contributed by atoms with Crippen molar-refractivity contribution in [2.24, 2.45) is 23.2 Å². The van der Waals surface area contributed by atoms with E-state index in [4.69, 9.17) is 14.2 Å².